The van der Waals surface area contributed by atoms with Crippen LogP contribution in [-0.2, 0) is 0 Å². The Labute approximate surface area is 120 Å². The molecule has 0 aliphatic heterocycles. The third kappa shape index (κ3) is 3.00. The average molecular weight is 296 g/mol. The molecular formula is C14H11Cl2NO2. The summed E-state index contributed by atoms with van der Waals surface area (Å²) in [6.07, 6.45) is 0. The first-order valence-electron chi connectivity index (χ1n) is 5.51. The Morgan fingerprint density at radius 3 is 2.37 bits per heavy atom. The molecule has 0 unspecified atom stereocenters. The van der Waals surface area contributed by atoms with E-state index >= 15 is 0 Å². The van der Waals surface area contributed by atoms with Gasteiger partial charge in [0.2, 0.25) is 0 Å². The Kier molecular flexibility index (Phi) is 3.98. The van der Waals surface area contributed by atoms with Crippen molar-refractivity contribution in [3.05, 3.63) is 52.0 Å². The van der Waals surface area contributed by atoms with Gasteiger partial charge in [0.15, 0.2) is 17.3 Å². The first kappa shape index (κ1) is 13.7. The number of anilines is 1. The fourth-order valence-electron chi connectivity index (χ4n) is 1.53. The van der Waals surface area contributed by atoms with E-state index in [1.54, 1.807) is 36.4 Å². The summed E-state index contributed by atoms with van der Waals surface area (Å²) in [4.78, 5) is 11.3. The Hall–Kier alpha value is -1.71. The summed E-state index contributed by atoms with van der Waals surface area (Å²) in [5.74, 6) is 0.594. The van der Waals surface area contributed by atoms with Gasteiger partial charge in [-0.1, -0.05) is 29.3 Å². The number of halogens is 2. The van der Waals surface area contributed by atoms with Gasteiger partial charge in [-0.2, -0.15) is 0 Å². The van der Waals surface area contributed by atoms with Crippen molar-refractivity contribution >= 4 is 34.7 Å². The molecule has 0 atom stereocenters. The molecular weight excluding hydrogens is 285 g/mol. The molecule has 0 aliphatic carbocycles. The number of carbonyl (C=O) groups excluding carboxylic acids is 1. The Morgan fingerprint density at radius 2 is 1.79 bits per heavy atom. The molecule has 2 aromatic rings. The zero-order valence-electron chi connectivity index (χ0n) is 10.1. The van der Waals surface area contributed by atoms with E-state index in [0.29, 0.717) is 32.8 Å². The number of nitrogens with two attached hydrogens (primary N) is 1. The third-order valence-electron chi connectivity index (χ3n) is 2.55. The lowest BCUT2D eigenvalue weighted by atomic mass is 10.1. The summed E-state index contributed by atoms with van der Waals surface area (Å²) in [5.41, 5.74) is 6.73. The number of carbonyl (C=O) groups is 1. The van der Waals surface area contributed by atoms with Gasteiger partial charge in [-0.3, -0.25) is 4.79 Å². The van der Waals surface area contributed by atoms with Gasteiger partial charge in [0.25, 0.3) is 0 Å². The summed E-state index contributed by atoms with van der Waals surface area (Å²) in [7, 11) is 0. The fraction of sp³-hybridized carbons (Fsp3) is 0.0714. The Bertz CT molecular complexity index is 621. The molecule has 3 nitrogen and oxygen atoms in total. The molecule has 5 heteroatoms. The summed E-state index contributed by atoms with van der Waals surface area (Å²) >= 11 is 12.0. The minimum absolute atomic E-state index is 0.0740. The summed E-state index contributed by atoms with van der Waals surface area (Å²) in [5, 5.41) is 0.750. The lowest BCUT2D eigenvalue weighted by molar-refractivity contribution is 0.101. The van der Waals surface area contributed by atoms with Gasteiger partial charge in [-0.25, -0.2) is 0 Å². The molecule has 19 heavy (non-hydrogen) atoms. The van der Waals surface area contributed by atoms with Crippen LogP contribution in [0.5, 0.6) is 11.5 Å². The second kappa shape index (κ2) is 5.51. The molecule has 0 saturated heterocycles. The zero-order chi connectivity index (χ0) is 14.0. The van der Waals surface area contributed by atoms with Crippen molar-refractivity contribution in [1.82, 2.24) is 0 Å². The number of hydrogen-bond donors (Lipinski definition) is 1. The first-order valence-corrected chi connectivity index (χ1v) is 6.27. The first-order chi connectivity index (χ1) is 8.99. The molecule has 0 aromatic heterocycles. The molecule has 2 rings (SSSR count). The van der Waals surface area contributed by atoms with Crippen LogP contribution in [0, 0.1) is 0 Å². The topological polar surface area (TPSA) is 52.3 Å². The fourth-order valence-corrected chi connectivity index (χ4v) is 2.01. The Morgan fingerprint density at radius 1 is 1.16 bits per heavy atom. The zero-order valence-corrected chi connectivity index (χ0v) is 11.6. The van der Waals surface area contributed by atoms with Crippen molar-refractivity contribution in [2.24, 2.45) is 0 Å². The molecule has 0 amide bonds. The molecule has 2 N–H and O–H groups in total. The van der Waals surface area contributed by atoms with E-state index in [9.17, 15) is 4.79 Å². The highest BCUT2D eigenvalue weighted by atomic mass is 35.5. The maximum Gasteiger partial charge on any atom is 0.164 e. The number of para-hydroxylation sites is 1. The van der Waals surface area contributed by atoms with Crippen molar-refractivity contribution in [3.63, 3.8) is 0 Å². The third-order valence-corrected chi connectivity index (χ3v) is 3.15. The van der Waals surface area contributed by atoms with E-state index in [1.165, 1.54) is 6.92 Å². The second-order valence-corrected chi connectivity index (χ2v) is 4.78. The second-order valence-electron chi connectivity index (χ2n) is 3.96. The summed E-state index contributed by atoms with van der Waals surface area (Å²) in [6, 6.07) is 9.85. The van der Waals surface area contributed by atoms with Crippen molar-refractivity contribution in [3.8, 4) is 11.5 Å². The largest absolute Gasteiger partial charge is 0.452 e. The van der Waals surface area contributed by atoms with Crippen LogP contribution in [0.3, 0.4) is 0 Å². The van der Waals surface area contributed by atoms with Gasteiger partial charge >= 0.3 is 0 Å². The van der Waals surface area contributed by atoms with E-state index < -0.39 is 0 Å². The standard InChI is InChI=1S/C14H11Cl2NO2/c1-8(18)9-5-6-12(17)13(7-9)19-14-10(15)3-2-4-11(14)16/h2-7H,17H2,1H3. The van der Waals surface area contributed by atoms with Crippen molar-refractivity contribution < 1.29 is 9.53 Å². The molecule has 0 bridgehead atoms. The van der Waals surface area contributed by atoms with Gasteiger partial charge in [-0.05, 0) is 37.3 Å². The van der Waals surface area contributed by atoms with Gasteiger partial charge in [-0.15, -0.1) is 0 Å². The maximum atomic E-state index is 11.3. The molecule has 0 fully saturated rings. The predicted octanol–water partition coefficient (Wildman–Crippen LogP) is 4.57. The van der Waals surface area contributed by atoms with Gasteiger partial charge in [0.1, 0.15) is 0 Å². The SMILES string of the molecule is CC(=O)c1ccc(N)c(Oc2c(Cl)cccc2Cl)c1. The van der Waals surface area contributed by atoms with Crippen LogP contribution in [0.1, 0.15) is 17.3 Å². The summed E-state index contributed by atoms with van der Waals surface area (Å²) < 4.78 is 5.62. The quantitative estimate of drug-likeness (QED) is 0.666. The molecule has 0 radical (unpaired) electrons. The van der Waals surface area contributed by atoms with Crippen molar-refractivity contribution in [1.29, 1.82) is 0 Å². The minimum atomic E-state index is -0.0740. The van der Waals surface area contributed by atoms with Gasteiger partial charge < -0.3 is 10.5 Å². The van der Waals surface area contributed by atoms with E-state index in [1.807, 2.05) is 0 Å². The molecule has 0 spiro atoms. The number of nitrogen functional groups attached to an aromatic ring is 1. The predicted molar refractivity (Wildman–Crippen MR) is 77.4 cm³/mol. The van der Waals surface area contributed by atoms with Crippen LogP contribution < -0.4 is 10.5 Å². The molecule has 0 saturated carbocycles. The summed E-state index contributed by atoms with van der Waals surface area (Å²) in [6.45, 7) is 1.47. The lowest BCUT2D eigenvalue weighted by Gasteiger charge is -2.12. The minimum Gasteiger partial charge on any atom is -0.452 e. The lowest BCUT2D eigenvalue weighted by Crippen LogP contribution is -1.97. The average Bonchev–Trinajstić information content (AvgIpc) is 2.35. The van der Waals surface area contributed by atoms with Crippen LogP contribution in [0.2, 0.25) is 10.0 Å². The molecule has 2 aromatic carbocycles. The number of ketones is 1. The molecule has 98 valence electrons. The van der Waals surface area contributed by atoms with Gasteiger partial charge in [0.05, 0.1) is 15.7 Å². The smallest absolute Gasteiger partial charge is 0.164 e. The highest BCUT2D eigenvalue weighted by molar-refractivity contribution is 6.37. The van der Waals surface area contributed by atoms with Crippen molar-refractivity contribution in [2.75, 3.05) is 5.73 Å². The number of Topliss-reactive ketones (excluding diaryl/α,β-unsaturated/α-hetero) is 1. The maximum absolute atomic E-state index is 11.3. The number of ether oxygens (including phenoxy) is 1. The van der Waals surface area contributed by atoms with Crippen LogP contribution in [-0.4, -0.2) is 5.78 Å². The van der Waals surface area contributed by atoms with Gasteiger partial charge in [0, 0.05) is 5.56 Å². The molecule has 0 heterocycles. The number of benzene rings is 2. The molecule has 0 aliphatic rings. The van der Waals surface area contributed by atoms with Crippen LogP contribution >= 0.6 is 23.2 Å². The van der Waals surface area contributed by atoms with Crippen LogP contribution in [0.4, 0.5) is 5.69 Å². The highest BCUT2D eigenvalue weighted by Crippen LogP contribution is 2.38. The van der Waals surface area contributed by atoms with Crippen LogP contribution in [0.15, 0.2) is 36.4 Å². The highest BCUT2D eigenvalue weighted by Gasteiger charge is 2.11. The van der Waals surface area contributed by atoms with E-state index in [2.05, 4.69) is 0 Å². The van der Waals surface area contributed by atoms with E-state index in [-0.39, 0.29) is 5.78 Å². The monoisotopic (exact) mass is 295 g/mol. The number of hydrogen-bond acceptors (Lipinski definition) is 3. The van der Waals surface area contributed by atoms with E-state index in [0.717, 1.165) is 0 Å². The normalized spacial score (nSPS) is 10.3. The van der Waals surface area contributed by atoms with E-state index in [4.69, 9.17) is 33.7 Å². The van der Waals surface area contributed by atoms with Crippen LogP contribution in [0.25, 0.3) is 0 Å². The Balaban J connectivity index is 2.43. The number of rotatable bonds is 3. The van der Waals surface area contributed by atoms with Crippen molar-refractivity contribution in [2.45, 2.75) is 6.92 Å².